The van der Waals surface area contributed by atoms with Crippen molar-refractivity contribution in [2.75, 3.05) is 5.32 Å². The molecule has 102 valence electrons. The van der Waals surface area contributed by atoms with Crippen LogP contribution in [0.1, 0.15) is 38.5 Å². The van der Waals surface area contributed by atoms with E-state index in [4.69, 9.17) is 11.6 Å². The van der Waals surface area contributed by atoms with Crippen molar-refractivity contribution in [2.45, 2.75) is 44.1 Å². The maximum Gasteiger partial charge on any atom is 0.224 e. The standard InChI is InChI=1S/C14H17BrClN3/c15-11-7-17-13(16)18-12(11)19-14-4-8-1-9(5-14)3-10(2-8)6-14/h7-10H,1-6H2,(H,17,18,19). The Hall–Kier alpha value is -0.350. The van der Waals surface area contributed by atoms with E-state index in [9.17, 15) is 0 Å². The molecule has 1 heterocycles. The van der Waals surface area contributed by atoms with Crippen LogP contribution < -0.4 is 5.32 Å². The largest absolute Gasteiger partial charge is 0.364 e. The first-order valence-electron chi connectivity index (χ1n) is 7.08. The number of nitrogens with zero attached hydrogens (tertiary/aromatic N) is 2. The highest BCUT2D eigenvalue weighted by molar-refractivity contribution is 9.10. The second-order valence-electron chi connectivity index (χ2n) is 6.66. The van der Waals surface area contributed by atoms with Crippen LogP contribution in [0, 0.1) is 17.8 Å². The quantitative estimate of drug-likeness (QED) is 0.815. The van der Waals surface area contributed by atoms with E-state index in [0.717, 1.165) is 28.0 Å². The van der Waals surface area contributed by atoms with Crippen LogP contribution in [0.4, 0.5) is 5.82 Å². The third kappa shape index (κ3) is 2.17. The van der Waals surface area contributed by atoms with E-state index in [0.29, 0.717) is 5.28 Å². The lowest BCUT2D eigenvalue weighted by Gasteiger charge is -2.57. The average Bonchev–Trinajstić information content (AvgIpc) is 2.31. The first-order valence-corrected chi connectivity index (χ1v) is 8.25. The highest BCUT2D eigenvalue weighted by Gasteiger charge is 2.51. The number of rotatable bonds is 2. The maximum absolute atomic E-state index is 5.92. The Balaban J connectivity index is 1.64. The van der Waals surface area contributed by atoms with E-state index < -0.39 is 0 Å². The van der Waals surface area contributed by atoms with Gasteiger partial charge in [0.2, 0.25) is 5.28 Å². The number of anilines is 1. The van der Waals surface area contributed by atoms with Crippen molar-refractivity contribution < 1.29 is 0 Å². The Bertz CT molecular complexity index is 484. The lowest BCUT2D eigenvalue weighted by atomic mass is 9.53. The molecule has 19 heavy (non-hydrogen) atoms. The van der Waals surface area contributed by atoms with Crippen LogP contribution in [-0.2, 0) is 0 Å². The van der Waals surface area contributed by atoms with Crippen molar-refractivity contribution >= 4 is 33.3 Å². The van der Waals surface area contributed by atoms with Gasteiger partial charge in [-0.3, -0.25) is 0 Å². The molecule has 0 amide bonds. The van der Waals surface area contributed by atoms with Crippen molar-refractivity contribution in [3.8, 4) is 0 Å². The van der Waals surface area contributed by atoms with Crippen molar-refractivity contribution in [2.24, 2.45) is 17.8 Å². The molecule has 0 unspecified atom stereocenters. The van der Waals surface area contributed by atoms with Crippen LogP contribution in [0.25, 0.3) is 0 Å². The van der Waals surface area contributed by atoms with Gasteiger partial charge in [0.05, 0.1) is 4.47 Å². The fourth-order valence-corrected chi connectivity index (χ4v) is 5.37. The van der Waals surface area contributed by atoms with Crippen molar-refractivity contribution in [3.05, 3.63) is 16.0 Å². The second kappa shape index (κ2) is 4.32. The molecule has 1 N–H and O–H groups in total. The summed E-state index contributed by atoms with van der Waals surface area (Å²) in [5, 5.41) is 4.03. The average molecular weight is 343 g/mol. The fourth-order valence-electron chi connectivity index (χ4n) is 4.95. The molecule has 0 aromatic carbocycles. The minimum atomic E-state index is 0.259. The summed E-state index contributed by atoms with van der Waals surface area (Å²) in [5.74, 6) is 3.64. The van der Waals surface area contributed by atoms with Gasteiger partial charge < -0.3 is 5.32 Å². The lowest BCUT2D eigenvalue weighted by molar-refractivity contribution is 0.0105. The smallest absolute Gasteiger partial charge is 0.224 e. The van der Waals surface area contributed by atoms with Crippen LogP contribution in [0.15, 0.2) is 10.7 Å². The normalized spacial score (nSPS) is 39.6. The third-order valence-corrected chi connectivity index (χ3v) is 5.90. The molecule has 1 aromatic rings. The van der Waals surface area contributed by atoms with Crippen molar-refractivity contribution in [1.29, 1.82) is 0 Å². The zero-order valence-electron chi connectivity index (χ0n) is 10.7. The fraction of sp³-hybridized carbons (Fsp3) is 0.714. The molecule has 4 aliphatic rings. The van der Waals surface area contributed by atoms with Gasteiger partial charge in [-0.15, -0.1) is 0 Å². The summed E-state index contributed by atoms with van der Waals surface area (Å²) < 4.78 is 0.910. The summed E-state index contributed by atoms with van der Waals surface area (Å²) in [5.41, 5.74) is 0.259. The van der Waals surface area contributed by atoms with Gasteiger partial charge in [0, 0.05) is 11.7 Å². The molecule has 4 aliphatic carbocycles. The van der Waals surface area contributed by atoms with Gasteiger partial charge in [0.15, 0.2) is 0 Å². The third-order valence-electron chi connectivity index (χ3n) is 5.14. The number of aromatic nitrogens is 2. The zero-order valence-corrected chi connectivity index (χ0v) is 13.0. The molecular formula is C14H17BrClN3. The number of hydrogen-bond donors (Lipinski definition) is 1. The summed E-state index contributed by atoms with van der Waals surface area (Å²) >= 11 is 9.44. The Labute approximate surface area is 126 Å². The minimum absolute atomic E-state index is 0.259. The highest BCUT2D eigenvalue weighted by Crippen LogP contribution is 2.56. The Morgan fingerprint density at radius 3 is 2.32 bits per heavy atom. The topological polar surface area (TPSA) is 37.8 Å². The number of hydrogen-bond acceptors (Lipinski definition) is 3. The molecule has 4 fully saturated rings. The van der Waals surface area contributed by atoms with Gasteiger partial charge in [-0.05, 0) is 83.8 Å². The molecule has 4 saturated carbocycles. The molecule has 0 atom stereocenters. The van der Waals surface area contributed by atoms with Gasteiger partial charge >= 0.3 is 0 Å². The molecule has 3 nitrogen and oxygen atoms in total. The molecule has 4 bridgehead atoms. The molecule has 0 aliphatic heterocycles. The first-order chi connectivity index (χ1) is 9.12. The summed E-state index contributed by atoms with van der Waals surface area (Å²) in [6.45, 7) is 0. The number of halogens is 2. The molecule has 0 saturated heterocycles. The molecular weight excluding hydrogens is 326 g/mol. The van der Waals surface area contributed by atoms with Gasteiger partial charge in [0.25, 0.3) is 0 Å². The summed E-state index contributed by atoms with van der Waals surface area (Å²) in [7, 11) is 0. The van der Waals surface area contributed by atoms with E-state index in [-0.39, 0.29) is 5.54 Å². The second-order valence-corrected chi connectivity index (χ2v) is 7.85. The first kappa shape index (κ1) is 12.4. The minimum Gasteiger partial charge on any atom is -0.364 e. The highest BCUT2D eigenvalue weighted by atomic mass is 79.9. The van der Waals surface area contributed by atoms with Crippen molar-refractivity contribution in [3.63, 3.8) is 0 Å². The van der Waals surface area contributed by atoms with E-state index in [1.807, 2.05) is 0 Å². The van der Waals surface area contributed by atoms with Crippen LogP contribution in [0.5, 0.6) is 0 Å². The lowest BCUT2D eigenvalue weighted by Crippen LogP contribution is -2.54. The molecule has 5 rings (SSSR count). The Morgan fingerprint density at radius 1 is 1.16 bits per heavy atom. The van der Waals surface area contributed by atoms with Gasteiger partial charge in [-0.2, -0.15) is 4.98 Å². The maximum atomic E-state index is 5.92. The number of nitrogens with one attached hydrogen (secondary N) is 1. The summed E-state index contributed by atoms with van der Waals surface area (Å²) in [4.78, 5) is 8.35. The van der Waals surface area contributed by atoms with Crippen LogP contribution >= 0.6 is 27.5 Å². The van der Waals surface area contributed by atoms with Crippen LogP contribution in [0.2, 0.25) is 5.28 Å². The predicted molar refractivity (Wildman–Crippen MR) is 79.3 cm³/mol. The SMILES string of the molecule is Clc1ncc(Br)c(NC23CC4CC(CC(C4)C2)C3)n1. The van der Waals surface area contributed by atoms with E-state index >= 15 is 0 Å². The molecule has 0 spiro atoms. The zero-order chi connectivity index (χ0) is 13.0. The molecule has 0 radical (unpaired) electrons. The molecule has 1 aromatic heterocycles. The summed E-state index contributed by atoms with van der Waals surface area (Å²) in [6.07, 6.45) is 9.98. The predicted octanol–water partition coefficient (Wildman–Crippen LogP) is 4.27. The Kier molecular flexibility index (Phi) is 2.82. The molecule has 5 heteroatoms. The van der Waals surface area contributed by atoms with E-state index in [1.165, 1.54) is 38.5 Å². The van der Waals surface area contributed by atoms with E-state index in [2.05, 4.69) is 31.2 Å². The van der Waals surface area contributed by atoms with E-state index in [1.54, 1.807) is 6.20 Å². The van der Waals surface area contributed by atoms with Gasteiger partial charge in [-0.1, -0.05) is 0 Å². The summed E-state index contributed by atoms with van der Waals surface area (Å²) in [6, 6.07) is 0. The van der Waals surface area contributed by atoms with Gasteiger partial charge in [-0.25, -0.2) is 4.98 Å². The van der Waals surface area contributed by atoms with Crippen LogP contribution in [0.3, 0.4) is 0 Å². The van der Waals surface area contributed by atoms with Gasteiger partial charge in [0.1, 0.15) is 5.82 Å². The monoisotopic (exact) mass is 341 g/mol. The van der Waals surface area contributed by atoms with Crippen molar-refractivity contribution in [1.82, 2.24) is 9.97 Å². The van der Waals surface area contributed by atoms with Crippen LogP contribution in [-0.4, -0.2) is 15.5 Å². The Morgan fingerprint density at radius 2 is 1.74 bits per heavy atom.